The summed E-state index contributed by atoms with van der Waals surface area (Å²) in [7, 11) is 0. The van der Waals surface area contributed by atoms with Crippen LogP contribution in [0.15, 0.2) is 18.2 Å². The van der Waals surface area contributed by atoms with Crippen molar-refractivity contribution in [1.29, 1.82) is 0 Å². The highest BCUT2D eigenvalue weighted by atomic mass is 32.1. The maximum Gasteiger partial charge on any atom is 0.0532 e. The topological polar surface area (TPSA) is 26.0 Å². The molecule has 0 amide bonds. The molecular formula is C10H11NS. The van der Waals surface area contributed by atoms with Gasteiger partial charge in [0.2, 0.25) is 0 Å². The third-order valence-electron chi connectivity index (χ3n) is 2.14. The number of hydrogen-bond donors (Lipinski definition) is 1. The molecule has 2 heteroatoms. The fourth-order valence-electron chi connectivity index (χ4n) is 1.40. The van der Waals surface area contributed by atoms with Crippen LogP contribution < -0.4 is 5.73 Å². The molecule has 1 heterocycles. The quantitative estimate of drug-likeness (QED) is 0.657. The number of fused-ring (bicyclic) bond motifs is 1. The van der Waals surface area contributed by atoms with Crippen molar-refractivity contribution < 1.29 is 0 Å². The van der Waals surface area contributed by atoms with Crippen LogP contribution in [0.4, 0.5) is 5.69 Å². The lowest BCUT2D eigenvalue weighted by Crippen LogP contribution is -1.83. The second-order valence-corrected chi connectivity index (χ2v) is 4.25. The fourth-order valence-corrected chi connectivity index (χ4v) is 2.44. The molecule has 12 heavy (non-hydrogen) atoms. The smallest absolute Gasteiger partial charge is 0.0532 e. The van der Waals surface area contributed by atoms with Crippen LogP contribution in [0.5, 0.6) is 0 Å². The standard InChI is InChI=1S/C10H11NS/c1-6-4-3-5-8-9(11)7(2)12-10(6)8/h3-5H,11H2,1-2H3. The molecule has 0 saturated carbocycles. The van der Waals surface area contributed by atoms with Crippen LogP contribution in [0.25, 0.3) is 10.1 Å². The van der Waals surface area contributed by atoms with Gasteiger partial charge in [-0.15, -0.1) is 11.3 Å². The highest BCUT2D eigenvalue weighted by Gasteiger charge is 2.05. The zero-order chi connectivity index (χ0) is 8.72. The maximum absolute atomic E-state index is 5.92. The number of nitrogen functional groups attached to an aromatic ring is 1. The summed E-state index contributed by atoms with van der Waals surface area (Å²) in [5, 5.41) is 1.21. The summed E-state index contributed by atoms with van der Waals surface area (Å²) in [6.07, 6.45) is 0. The summed E-state index contributed by atoms with van der Waals surface area (Å²) in [6.45, 7) is 4.19. The number of benzene rings is 1. The van der Waals surface area contributed by atoms with Crippen LogP contribution in [0, 0.1) is 13.8 Å². The molecule has 0 aliphatic rings. The lowest BCUT2D eigenvalue weighted by Gasteiger charge is -1.94. The van der Waals surface area contributed by atoms with Crippen molar-refractivity contribution in [1.82, 2.24) is 0 Å². The first kappa shape index (κ1) is 7.62. The first-order chi connectivity index (χ1) is 5.70. The SMILES string of the molecule is Cc1sc2c(C)cccc2c1N. The van der Waals surface area contributed by atoms with Crippen LogP contribution in [0.2, 0.25) is 0 Å². The van der Waals surface area contributed by atoms with Crippen LogP contribution >= 0.6 is 11.3 Å². The van der Waals surface area contributed by atoms with Crippen molar-refractivity contribution in [3.05, 3.63) is 28.6 Å². The van der Waals surface area contributed by atoms with Crippen LogP contribution in [-0.4, -0.2) is 0 Å². The Labute approximate surface area is 75.8 Å². The summed E-state index contributed by atoms with van der Waals surface area (Å²) in [5.41, 5.74) is 8.18. The zero-order valence-electron chi connectivity index (χ0n) is 7.22. The molecule has 0 fully saturated rings. The molecule has 0 radical (unpaired) electrons. The number of nitrogens with two attached hydrogens (primary N) is 1. The molecular weight excluding hydrogens is 166 g/mol. The lowest BCUT2D eigenvalue weighted by atomic mass is 10.1. The highest BCUT2D eigenvalue weighted by molar-refractivity contribution is 7.19. The molecule has 0 atom stereocenters. The van der Waals surface area contributed by atoms with Gasteiger partial charge in [-0.1, -0.05) is 18.2 Å². The van der Waals surface area contributed by atoms with Crippen molar-refractivity contribution in [2.24, 2.45) is 0 Å². The van der Waals surface area contributed by atoms with Crippen molar-refractivity contribution in [2.45, 2.75) is 13.8 Å². The molecule has 0 bridgehead atoms. The first-order valence-corrected chi connectivity index (χ1v) is 4.76. The summed E-state index contributed by atoms with van der Waals surface area (Å²) in [5.74, 6) is 0. The molecule has 0 saturated heterocycles. The maximum atomic E-state index is 5.92. The fraction of sp³-hybridized carbons (Fsp3) is 0.200. The molecule has 1 aromatic heterocycles. The summed E-state index contributed by atoms with van der Waals surface area (Å²) >= 11 is 1.78. The summed E-state index contributed by atoms with van der Waals surface area (Å²) in [6, 6.07) is 6.26. The van der Waals surface area contributed by atoms with E-state index in [1.165, 1.54) is 20.5 Å². The van der Waals surface area contributed by atoms with Gasteiger partial charge in [-0.2, -0.15) is 0 Å². The normalized spacial score (nSPS) is 10.8. The summed E-state index contributed by atoms with van der Waals surface area (Å²) in [4.78, 5) is 1.22. The van der Waals surface area contributed by atoms with E-state index in [9.17, 15) is 0 Å². The van der Waals surface area contributed by atoms with Gasteiger partial charge in [-0.05, 0) is 19.4 Å². The van der Waals surface area contributed by atoms with E-state index in [0.717, 1.165) is 5.69 Å². The van der Waals surface area contributed by atoms with Crippen LogP contribution in [0.1, 0.15) is 10.4 Å². The van der Waals surface area contributed by atoms with Gasteiger partial charge < -0.3 is 5.73 Å². The number of aryl methyl sites for hydroxylation is 2. The first-order valence-electron chi connectivity index (χ1n) is 3.94. The second-order valence-electron chi connectivity index (χ2n) is 3.02. The number of rotatable bonds is 0. The van der Waals surface area contributed by atoms with Gasteiger partial charge in [0, 0.05) is 15.0 Å². The van der Waals surface area contributed by atoms with E-state index in [-0.39, 0.29) is 0 Å². The molecule has 0 spiro atoms. The van der Waals surface area contributed by atoms with E-state index in [2.05, 4.69) is 32.0 Å². The van der Waals surface area contributed by atoms with Crippen molar-refractivity contribution in [3.63, 3.8) is 0 Å². The van der Waals surface area contributed by atoms with Crippen molar-refractivity contribution in [3.8, 4) is 0 Å². The van der Waals surface area contributed by atoms with Crippen molar-refractivity contribution >= 4 is 27.1 Å². The van der Waals surface area contributed by atoms with Crippen molar-refractivity contribution in [2.75, 3.05) is 5.73 Å². The Morgan fingerprint density at radius 1 is 1.25 bits per heavy atom. The van der Waals surface area contributed by atoms with E-state index in [4.69, 9.17) is 5.73 Å². The number of thiophene rings is 1. The predicted octanol–water partition coefficient (Wildman–Crippen LogP) is 3.10. The Kier molecular flexibility index (Phi) is 1.58. The Balaban J connectivity index is 2.95. The lowest BCUT2D eigenvalue weighted by molar-refractivity contribution is 1.56. The Bertz CT molecular complexity index is 429. The van der Waals surface area contributed by atoms with E-state index in [0.29, 0.717) is 0 Å². The van der Waals surface area contributed by atoms with E-state index < -0.39 is 0 Å². The van der Waals surface area contributed by atoms with Gasteiger partial charge in [-0.25, -0.2) is 0 Å². The average molecular weight is 177 g/mol. The predicted molar refractivity (Wildman–Crippen MR) is 55.7 cm³/mol. The van der Waals surface area contributed by atoms with Gasteiger partial charge in [0.25, 0.3) is 0 Å². The minimum atomic E-state index is 0.943. The molecule has 1 aromatic carbocycles. The van der Waals surface area contributed by atoms with Gasteiger partial charge in [-0.3, -0.25) is 0 Å². The second kappa shape index (κ2) is 2.49. The molecule has 0 aliphatic heterocycles. The molecule has 0 aliphatic carbocycles. The van der Waals surface area contributed by atoms with Crippen LogP contribution in [0.3, 0.4) is 0 Å². The number of anilines is 1. The van der Waals surface area contributed by atoms with E-state index >= 15 is 0 Å². The molecule has 2 rings (SSSR count). The minimum absolute atomic E-state index is 0.943. The average Bonchev–Trinajstić information content (AvgIpc) is 2.32. The largest absolute Gasteiger partial charge is 0.397 e. The van der Waals surface area contributed by atoms with Crippen LogP contribution in [-0.2, 0) is 0 Å². The minimum Gasteiger partial charge on any atom is -0.397 e. The number of hydrogen-bond acceptors (Lipinski definition) is 2. The van der Waals surface area contributed by atoms with Gasteiger partial charge in [0.1, 0.15) is 0 Å². The van der Waals surface area contributed by atoms with Gasteiger partial charge in [0.15, 0.2) is 0 Å². The van der Waals surface area contributed by atoms with Gasteiger partial charge >= 0.3 is 0 Å². The highest BCUT2D eigenvalue weighted by Crippen LogP contribution is 2.34. The molecule has 62 valence electrons. The third kappa shape index (κ3) is 0.916. The van der Waals surface area contributed by atoms with E-state index in [1.807, 2.05) is 0 Å². The monoisotopic (exact) mass is 177 g/mol. The van der Waals surface area contributed by atoms with E-state index in [1.54, 1.807) is 11.3 Å². The Morgan fingerprint density at radius 3 is 2.67 bits per heavy atom. The molecule has 2 aromatic rings. The molecule has 1 nitrogen and oxygen atoms in total. The Hall–Kier alpha value is -1.02. The summed E-state index contributed by atoms with van der Waals surface area (Å²) < 4.78 is 1.33. The Morgan fingerprint density at radius 2 is 2.00 bits per heavy atom. The zero-order valence-corrected chi connectivity index (χ0v) is 8.03. The molecule has 2 N–H and O–H groups in total. The molecule has 0 unspecified atom stereocenters. The van der Waals surface area contributed by atoms with Gasteiger partial charge in [0.05, 0.1) is 5.69 Å². The third-order valence-corrected chi connectivity index (χ3v) is 3.41.